The summed E-state index contributed by atoms with van der Waals surface area (Å²) in [5.74, 6) is 2.04. The number of piperidine rings is 1. The van der Waals surface area contributed by atoms with Crippen LogP contribution in [0.1, 0.15) is 63.9 Å². The van der Waals surface area contributed by atoms with Crippen molar-refractivity contribution >= 4 is 46.2 Å². The third-order valence-electron chi connectivity index (χ3n) is 6.89. The second-order valence-corrected chi connectivity index (χ2v) is 11.1. The lowest BCUT2D eigenvalue weighted by molar-refractivity contribution is -0.133. The van der Waals surface area contributed by atoms with E-state index >= 15 is 0 Å². The van der Waals surface area contributed by atoms with Gasteiger partial charge >= 0.3 is 0 Å². The van der Waals surface area contributed by atoms with Crippen LogP contribution in [0.4, 0.5) is 0 Å². The van der Waals surface area contributed by atoms with E-state index < -0.39 is 0 Å². The zero-order chi connectivity index (χ0) is 24.1. The number of amides is 2. The Balaban J connectivity index is 1.37. The molecule has 3 fully saturated rings. The highest BCUT2D eigenvalue weighted by Crippen LogP contribution is 2.36. The van der Waals surface area contributed by atoms with Gasteiger partial charge in [0.2, 0.25) is 5.91 Å². The predicted octanol–water partition coefficient (Wildman–Crippen LogP) is 5.26. The Morgan fingerprint density at radius 3 is 2.59 bits per heavy atom. The van der Waals surface area contributed by atoms with Gasteiger partial charge in [-0.25, -0.2) is 0 Å². The average Bonchev–Trinajstić information content (AvgIpc) is 3.11. The van der Waals surface area contributed by atoms with Crippen LogP contribution < -0.4 is 9.47 Å². The van der Waals surface area contributed by atoms with Crippen molar-refractivity contribution in [2.75, 3.05) is 26.7 Å². The van der Waals surface area contributed by atoms with E-state index in [0.717, 1.165) is 50.1 Å². The lowest BCUT2D eigenvalue weighted by atomic mass is 9.98. The van der Waals surface area contributed by atoms with Crippen LogP contribution in [0.15, 0.2) is 23.1 Å². The molecule has 1 aromatic carbocycles. The normalized spacial score (nSPS) is 21.4. The van der Waals surface area contributed by atoms with E-state index in [-0.39, 0.29) is 17.9 Å². The largest absolute Gasteiger partial charge is 0.493 e. The first-order chi connectivity index (χ1) is 16.4. The molecule has 0 radical (unpaired) electrons. The van der Waals surface area contributed by atoms with E-state index in [0.29, 0.717) is 33.9 Å². The van der Waals surface area contributed by atoms with E-state index in [1.54, 1.807) is 12.0 Å². The fourth-order valence-electron chi connectivity index (χ4n) is 4.70. The third-order valence-corrected chi connectivity index (χ3v) is 8.27. The van der Waals surface area contributed by atoms with Crippen molar-refractivity contribution in [3.05, 3.63) is 28.7 Å². The van der Waals surface area contributed by atoms with E-state index in [1.165, 1.54) is 31.0 Å². The Bertz CT molecular complexity index is 950. The number of carbonyl (C=O) groups is 2. The fraction of sp³-hybridized carbons (Fsp3) is 0.577. The van der Waals surface area contributed by atoms with Gasteiger partial charge in [0.25, 0.3) is 5.91 Å². The molecule has 3 aliphatic rings. The molecule has 4 rings (SSSR count). The van der Waals surface area contributed by atoms with Gasteiger partial charge in [-0.1, -0.05) is 43.4 Å². The van der Waals surface area contributed by atoms with Crippen molar-refractivity contribution in [2.45, 2.75) is 64.4 Å². The monoisotopic (exact) mass is 502 g/mol. The van der Waals surface area contributed by atoms with Crippen molar-refractivity contribution in [1.29, 1.82) is 0 Å². The molecule has 184 valence electrons. The highest BCUT2D eigenvalue weighted by molar-refractivity contribution is 8.26. The highest BCUT2D eigenvalue weighted by atomic mass is 32.2. The van der Waals surface area contributed by atoms with Gasteiger partial charge in [-0.3, -0.25) is 14.5 Å². The molecule has 6 nitrogen and oxygen atoms in total. The number of rotatable bonds is 7. The van der Waals surface area contributed by atoms with Gasteiger partial charge in [0, 0.05) is 26.1 Å². The first kappa shape index (κ1) is 25.0. The third kappa shape index (κ3) is 6.13. The van der Waals surface area contributed by atoms with Crippen LogP contribution in [0.25, 0.3) is 6.08 Å². The number of nitrogens with zero attached hydrogens (tertiary/aromatic N) is 2. The molecule has 2 saturated heterocycles. The van der Waals surface area contributed by atoms with Gasteiger partial charge in [0.1, 0.15) is 4.32 Å². The Morgan fingerprint density at radius 1 is 1.15 bits per heavy atom. The van der Waals surface area contributed by atoms with Crippen LogP contribution >= 0.6 is 24.0 Å². The molecule has 0 spiro atoms. The quantitative estimate of drug-likeness (QED) is 0.375. The lowest BCUT2D eigenvalue weighted by Gasteiger charge is -2.30. The molecule has 0 bridgehead atoms. The molecule has 1 saturated carbocycles. The zero-order valence-electron chi connectivity index (χ0n) is 20.1. The lowest BCUT2D eigenvalue weighted by Crippen LogP contribution is -2.40. The van der Waals surface area contributed by atoms with Crippen molar-refractivity contribution < 1.29 is 19.1 Å². The molecule has 0 N–H and O–H groups in total. The molecule has 8 heteroatoms. The summed E-state index contributed by atoms with van der Waals surface area (Å²) in [5.41, 5.74) is 0.854. The van der Waals surface area contributed by atoms with Gasteiger partial charge in [0.15, 0.2) is 11.5 Å². The van der Waals surface area contributed by atoms with Gasteiger partial charge in [0.05, 0.1) is 18.1 Å². The first-order valence-electron chi connectivity index (χ1n) is 12.3. The number of likely N-dealkylation sites (tertiary alicyclic amines) is 1. The zero-order valence-corrected chi connectivity index (χ0v) is 21.7. The summed E-state index contributed by atoms with van der Waals surface area (Å²) >= 11 is 6.74. The minimum atomic E-state index is -0.142. The minimum Gasteiger partial charge on any atom is -0.493 e. The first-order valence-corrected chi connectivity index (χ1v) is 13.5. The number of hydrogen-bond acceptors (Lipinski definition) is 6. The topological polar surface area (TPSA) is 59.1 Å². The number of hydrogen-bond donors (Lipinski definition) is 0. The van der Waals surface area contributed by atoms with Crippen LogP contribution in [0.3, 0.4) is 0 Å². The molecule has 0 atom stereocenters. The number of ether oxygens (including phenoxy) is 2. The fourth-order valence-corrected chi connectivity index (χ4v) is 6.01. The molecule has 0 unspecified atom stereocenters. The minimum absolute atomic E-state index is 0.100. The SMILES string of the molecule is COc1cc(/C=C2\SC(=S)N(CCC(=O)N3CCC(C)CC3)C2=O)ccc1OC1CCCCC1. The summed E-state index contributed by atoms with van der Waals surface area (Å²) in [6, 6.07) is 5.75. The van der Waals surface area contributed by atoms with Gasteiger partial charge < -0.3 is 14.4 Å². The number of thioether (sulfide) groups is 1. The maximum atomic E-state index is 13.0. The number of methoxy groups -OCH3 is 1. The molecular formula is C26H34N2O4S2. The van der Waals surface area contributed by atoms with Crippen LogP contribution in [-0.4, -0.2) is 58.8 Å². The van der Waals surface area contributed by atoms with Crippen molar-refractivity contribution in [3.8, 4) is 11.5 Å². The molecule has 2 amide bonds. The van der Waals surface area contributed by atoms with E-state index in [1.807, 2.05) is 29.2 Å². The van der Waals surface area contributed by atoms with E-state index in [9.17, 15) is 9.59 Å². The molecule has 34 heavy (non-hydrogen) atoms. The van der Waals surface area contributed by atoms with Crippen molar-refractivity contribution in [1.82, 2.24) is 9.80 Å². The standard InChI is InChI=1S/C26H34N2O4S2/c1-18-10-13-27(14-11-18)24(29)12-15-28-25(30)23(34-26(28)33)17-19-8-9-21(22(16-19)31-2)32-20-6-4-3-5-7-20/h8-9,16-18,20H,3-7,10-15H2,1-2H3/b23-17-. The summed E-state index contributed by atoms with van der Waals surface area (Å²) in [4.78, 5) is 29.6. The predicted molar refractivity (Wildman–Crippen MR) is 140 cm³/mol. The molecular weight excluding hydrogens is 468 g/mol. The van der Waals surface area contributed by atoms with E-state index in [2.05, 4.69) is 6.92 Å². The Hall–Kier alpha value is -2.06. The van der Waals surface area contributed by atoms with Gasteiger partial charge in [-0.15, -0.1) is 0 Å². The second-order valence-electron chi connectivity index (χ2n) is 9.43. The molecule has 2 aliphatic heterocycles. The molecule has 2 heterocycles. The number of thiocarbonyl (C=S) groups is 1. The maximum Gasteiger partial charge on any atom is 0.266 e. The van der Waals surface area contributed by atoms with Crippen molar-refractivity contribution in [3.63, 3.8) is 0 Å². The Morgan fingerprint density at radius 2 is 1.88 bits per heavy atom. The smallest absolute Gasteiger partial charge is 0.266 e. The summed E-state index contributed by atoms with van der Waals surface area (Å²) in [7, 11) is 1.63. The van der Waals surface area contributed by atoms with Crippen molar-refractivity contribution in [2.24, 2.45) is 5.92 Å². The van der Waals surface area contributed by atoms with Crippen LogP contribution in [-0.2, 0) is 9.59 Å². The van der Waals surface area contributed by atoms with E-state index in [4.69, 9.17) is 21.7 Å². The Kier molecular flexibility index (Phi) is 8.53. The summed E-state index contributed by atoms with van der Waals surface area (Å²) in [6.45, 7) is 4.16. The number of carbonyl (C=O) groups excluding carboxylic acids is 2. The summed E-state index contributed by atoms with van der Waals surface area (Å²) in [6.07, 6.45) is 10.3. The van der Waals surface area contributed by atoms with Gasteiger partial charge in [-0.05, 0) is 68.2 Å². The highest BCUT2D eigenvalue weighted by Gasteiger charge is 2.33. The molecule has 0 aromatic heterocycles. The van der Waals surface area contributed by atoms with Crippen LogP contribution in [0.2, 0.25) is 0 Å². The van der Waals surface area contributed by atoms with Crippen LogP contribution in [0.5, 0.6) is 11.5 Å². The number of benzene rings is 1. The molecule has 1 aliphatic carbocycles. The maximum absolute atomic E-state index is 13.0. The van der Waals surface area contributed by atoms with Gasteiger partial charge in [-0.2, -0.15) is 0 Å². The Labute approximate surface area is 212 Å². The molecule has 1 aromatic rings. The summed E-state index contributed by atoms with van der Waals surface area (Å²) in [5, 5.41) is 0. The summed E-state index contributed by atoms with van der Waals surface area (Å²) < 4.78 is 12.3. The second kappa shape index (κ2) is 11.6. The average molecular weight is 503 g/mol. The van der Waals surface area contributed by atoms with Crippen LogP contribution in [0, 0.1) is 5.92 Å².